The molecule has 15 heteroatoms. The Morgan fingerprint density at radius 2 is 1.32 bits per heavy atom. The van der Waals surface area contributed by atoms with E-state index in [0.29, 0.717) is 36.3 Å². The van der Waals surface area contributed by atoms with Gasteiger partial charge in [-0.15, -0.1) is 11.3 Å². The predicted molar refractivity (Wildman–Crippen MR) is 287 cm³/mol. The van der Waals surface area contributed by atoms with Crippen LogP contribution in [0.1, 0.15) is 86.2 Å². The van der Waals surface area contributed by atoms with Crippen molar-refractivity contribution in [3.63, 3.8) is 0 Å². The van der Waals surface area contributed by atoms with Crippen molar-refractivity contribution in [3.8, 4) is 5.75 Å². The molecule has 73 heavy (non-hydrogen) atoms. The first-order chi connectivity index (χ1) is 34.9. The largest absolute Gasteiger partial charge is 0.490 e. The van der Waals surface area contributed by atoms with Crippen LogP contribution in [0.5, 0.6) is 5.75 Å². The summed E-state index contributed by atoms with van der Waals surface area (Å²) in [5.74, 6) is -0.336. The van der Waals surface area contributed by atoms with Crippen molar-refractivity contribution in [1.29, 1.82) is 0 Å². The number of nitrogens with one attached hydrogen (secondary N) is 1. The van der Waals surface area contributed by atoms with Gasteiger partial charge in [0.15, 0.2) is 17.8 Å². The molecule has 4 N–H and O–H groups in total. The first-order valence-corrected chi connectivity index (χ1v) is 24.4. The van der Waals surface area contributed by atoms with Gasteiger partial charge < -0.3 is 40.1 Å². The number of likely N-dealkylation sites (tertiary alicyclic amines) is 1. The van der Waals surface area contributed by atoms with Crippen molar-refractivity contribution in [2.24, 2.45) is 15.9 Å². The molecule has 0 bridgehead atoms. The lowest BCUT2D eigenvalue weighted by Crippen LogP contribution is -2.44. The van der Waals surface area contributed by atoms with Gasteiger partial charge in [0.2, 0.25) is 5.71 Å². The monoisotopic (exact) mass is 1000 g/mol. The fourth-order valence-corrected chi connectivity index (χ4v) is 8.84. The van der Waals surface area contributed by atoms with Crippen LogP contribution >= 0.6 is 11.3 Å². The second-order valence-corrected chi connectivity index (χ2v) is 18.5. The van der Waals surface area contributed by atoms with E-state index in [1.807, 2.05) is 136 Å². The molecule has 0 spiro atoms. The molecule has 0 radical (unpaired) electrons. The molecular weight excluding hydrogens is 941 g/mol. The highest BCUT2D eigenvalue weighted by molar-refractivity contribution is 7.14. The van der Waals surface area contributed by atoms with Gasteiger partial charge in [-0.1, -0.05) is 164 Å². The van der Waals surface area contributed by atoms with Gasteiger partial charge in [0.1, 0.15) is 35.0 Å². The lowest BCUT2D eigenvalue weighted by Gasteiger charge is -2.36. The summed E-state index contributed by atoms with van der Waals surface area (Å²) >= 11 is 1.28. The molecule has 7 aromatic rings. The van der Waals surface area contributed by atoms with Gasteiger partial charge >= 0.3 is 12.1 Å². The Morgan fingerprint density at radius 1 is 0.795 bits per heavy atom. The Morgan fingerprint density at radius 3 is 1.81 bits per heavy atom. The third-order valence-corrected chi connectivity index (χ3v) is 12.1. The fourth-order valence-electron chi connectivity index (χ4n) is 8.09. The number of carboxylic acid groups (broad SMARTS) is 1. The summed E-state index contributed by atoms with van der Waals surface area (Å²) in [6, 6.07) is 56.6. The zero-order chi connectivity index (χ0) is 50.8. The number of amides is 1. The van der Waals surface area contributed by atoms with Gasteiger partial charge in [0.05, 0.1) is 6.04 Å². The number of oxime groups is 1. The smallest absolute Gasteiger partial charge is 0.410 e. The first-order valence-electron chi connectivity index (χ1n) is 23.5. The number of carbonyl (C=O) groups is 3. The number of aliphatic imine (C=N–C) groups is 1. The van der Waals surface area contributed by atoms with Crippen molar-refractivity contribution in [2.75, 3.05) is 31.6 Å². The Balaban J connectivity index is 0.000000433. The summed E-state index contributed by atoms with van der Waals surface area (Å²) in [5.41, 5.74) is 10.4. The maximum atomic E-state index is 12.5. The Bertz CT molecular complexity index is 2730. The average molecular weight is 1000 g/mol. The maximum Gasteiger partial charge on any atom is 0.410 e. The number of hydrogen-bond donors (Lipinski definition) is 3. The van der Waals surface area contributed by atoms with Gasteiger partial charge in [0.25, 0.3) is 6.47 Å². The molecule has 0 saturated carbocycles. The normalized spacial score (nSPS) is 13.9. The number of carboxylic acids is 1. The van der Waals surface area contributed by atoms with E-state index in [0.717, 1.165) is 46.2 Å². The van der Waals surface area contributed by atoms with Crippen LogP contribution in [0.3, 0.4) is 0 Å². The van der Waals surface area contributed by atoms with E-state index in [-0.39, 0.29) is 50.3 Å². The van der Waals surface area contributed by atoms with E-state index in [4.69, 9.17) is 24.8 Å². The predicted octanol–water partition coefficient (Wildman–Crippen LogP) is 11.1. The molecule has 1 aromatic heterocycles. The van der Waals surface area contributed by atoms with Gasteiger partial charge in [-0.05, 0) is 85.7 Å². The van der Waals surface area contributed by atoms with Crippen LogP contribution < -0.4 is 15.8 Å². The number of benzene rings is 6. The van der Waals surface area contributed by atoms with Crippen LogP contribution in [0.4, 0.5) is 9.93 Å². The summed E-state index contributed by atoms with van der Waals surface area (Å²) in [6.07, 6.45) is 0.976. The standard InChI is InChI=1S/C43H46N6O6S.C14H12O2.CH4/c1-42(2,3)55-41(52)49-25-13-20-34(28-49)45-38(44)30-21-23-35(24-22-30)53-26-27-54-48-37(39(50)51)36-29-56-40(46-36)47-43(31-14-7-4-8-15-31,32-16-9-5-10-17-32)33-18-11-6-12-19-33;15-11-16-14(12-7-3-1-4-8-12)13-9-5-2-6-10-13;/h4-12,14-19,21-24,29,34H,13,20,25-28H2,1-3H3,(H2,44,45)(H,46,47)(H,50,51);1-11,14H;1H4/b48-37-;;/t34-;;/m1../s1. The molecule has 1 aliphatic rings. The summed E-state index contributed by atoms with van der Waals surface area (Å²) in [4.78, 5) is 51.8. The quantitative estimate of drug-likeness (QED) is 0.0185. The summed E-state index contributed by atoms with van der Waals surface area (Å²) in [6.45, 7) is 7.21. The number of nitrogens with two attached hydrogens (primary N) is 1. The molecule has 1 amide bonds. The number of piperidine rings is 1. The van der Waals surface area contributed by atoms with E-state index in [1.165, 1.54) is 11.3 Å². The third-order valence-electron chi connectivity index (χ3n) is 11.4. The van der Waals surface area contributed by atoms with Gasteiger partial charge in [-0.25, -0.2) is 14.6 Å². The minimum absolute atomic E-state index is 0. The van der Waals surface area contributed by atoms with Crippen molar-refractivity contribution >= 4 is 46.6 Å². The summed E-state index contributed by atoms with van der Waals surface area (Å²) in [5, 5.41) is 19.8. The molecule has 378 valence electrons. The number of anilines is 1. The third kappa shape index (κ3) is 14.9. The van der Waals surface area contributed by atoms with E-state index < -0.39 is 17.1 Å². The minimum atomic E-state index is -1.27. The second kappa shape index (κ2) is 26.2. The molecule has 0 unspecified atom stereocenters. The number of amidine groups is 1. The molecule has 1 fully saturated rings. The zero-order valence-electron chi connectivity index (χ0n) is 40.4. The van der Waals surface area contributed by atoms with Gasteiger partial charge in [-0.3, -0.25) is 9.79 Å². The van der Waals surface area contributed by atoms with Crippen LogP contribution in [0.2, 0.25) is 0 Å². The van der Waals surface area contributed by atoms with Crippen molar-refractivity contribution < 1.29 is 38.5 Å². The van der Waals surface area contributed by atoms with E-state index >= 15 is 0 Å². The van der Waals surface area contributed by atoms with Crippen LogP contribution in [0, 0.1) is 0 Å². The summed E-state index contributed by atoms with van der Waals surface area (Å²) in [7, 11) is 0. The second-order valence-electron chi connectivity index (χ2n) is 17.6. The number of aliphatic carboxylic acids is 1. The highest BCUT2D eigenvalue weighted by Gasteiger charge is 2.37. The minimum Gasteiger partial charge on any atom is -0.490 e. The maximum absolute atomic E-state index is 12.5. The molecule has 0 aliphatic carbocycles. The average Bonchev–Trinajstić information content (AvgIpc) is 3.87. The zero-order valence-corrected chi connectivity index (χ0v) is 41.2. The molecule has 14 nitrogen and oxygen atoms in total. The lowest BCUT2D eigenvalue weighted by atomic mass is 9.77. The Kier molecular flexibility index (Phi) is 19.4. The number of ether oxygens (including phenoxy) is 3. The van der Waals surface area contributed by atoms with Gasteiger partial charge in [0, 0.05) is 24.0 Å². The van der Waals surface area contributed by atoms with Crippen LogP contribution in [-0.2, 0) is 29.4 Å². The molecule has 1 atom stereocenters. The van der Waals surface area contributed by atoms with Crippen LogP contribution in [0.15, 0.2) is 191 Å². The number of carbonyl (C=O) groups excluding carboxylic acids is 2. The number of thiazole rings is 1. The number of nitrogens with zero attached hydrogens (tertiary/aromatic N) is 4. The molecule has 8 rings (SSSR count). The SMILES string of the molecule is C.CC(C)(C)OC(=O)N1CCC[C@@H](N=C(N)c2ccc(OCCO/N=C(\C(=O)O)c3csc(NC(c4ccccc4)(c4ccccc4)c4ccccc4)n3)cc2)C1.O=COC(c1ccccc1)c1ccccc1. The summed E-state index contributed by atoms with van der Waals surface area (Å²) < 4.78 is 16.5. The number of hydrogen-bond acceptors (Lipinski definition) is 12. The van der Waals surface area contributed by atoms with Crippen molar-refractivity contribution in [3.05, 3.63) is 220 Å². The molecule has 6 aromatic carbocycles. The Labute approximate surface area is 431 Å². The van der Waals surface area contributed by atoms with E-state index in [9.17, 15) is 19.5 Å². The molecule has 2 heterocycles. The van der Waals surface area contributed by atoms with E-state index in [2.05, 4.69) is 56.8 Å². The molecule has 1 aliphatic heterocycles. The van der Waals surface area contributed by atoms with Crippen LogP contribution in [0.25, 0.3) is 0 Å². The number of rotatable bonds is 18. The van der Waals surface area contributed by atoms with Crippen LogP contribution in [-0.4, -0.2) is 83.0 Å². The topological polar surface area (TPSA) is 187 Å². The molecule has 1 saturated heterocycles. The van der Waals surface area contributed by atoms with Crippen molar-refractivity contribution in [1.82, 2.24) is 9.88 Å². The van der Waals surface area contributed by atoms with Gasteiger partial charge in [-0.2, -0.15) is 0 Å². The fraction of sp³-hybridized carbons (Fsp3) is 0.241. The van der Waals surface area contributed by atoms with Crippen molar-refractivity contribution in [2.45, 2.75) is 64.3 Å². The Hall–Kier alpha value is -8.30. The number of aromatic nitrogens is 1. The highest BCUT2D eigenvalue weighted by Crippen LogP contribution is 2.40. The van der Waals surface area contributed by atoms with E-state index in [1.54, 1.807) is 34.5 Å². The molecular formula is C58H62N6O8S. The first kappa shape index (κ1) is 54.0. The lowest BCUT2D eigenvalue weighted by molar-refractivity contribution is -0.132. The highest BCUT2D eigenvalue weighted by atomic mass is 32.1.